The number of carbonyl (C=O) groups is 1. The summed E-state index contributed by atoms with van der Waals surface area (Å²) in [5, 5.41) is 0. The maximum Gasteiger partial charge on any atom is 0.232 e. The van der Waals surface area contributed by atoms with Gasteiger partial charge in [-0.15, -0.1) is 0 Å². The van der Waals surface area contributed by atoms with Gasteiger partial charge in [0.15, 0.2) is 0 Å². The fourth-order valence-corrected chi connectivity index (χ4v) is 2.28. The van der Waals surface area contributed by atoms with E-state index in [9.17, 15) is 4.79 Å². The monoisotopic (exact) mass is 263 g/mol. The summed E-state index contributed by atoms with van der Waals surface area (Å²) in [4.78, 5) is 18.4. The molecule has 1 aromatic rings. The number of nitrogens with zero attached hydrogens (tertiary/aromatic N) is 2. The molecule has 0 saturated carbocycles. The van der Waals surface area contributed by atoms with Crippen molar-refractivity contribution in [2.24, 2.45) is 11.1 Å². The number of ether oxygens (including phenoxy) is 1. The molecule has 104 valence electrons. The van der Waals surface area contributed by atoms with Gasteiger partial charge in [-0.3, -0.25) is 9.78 Å². The standard InChI is InChI=1S/C14H21N3O2/c1-14(10-19-9-12(14)15)13(18)17(2)8-6-11-5-3-4-7-16-11/h3-5,7,12H,6,8-10,15H2,1-2H3. The molecule has 1 aromatic heterocycles. The average Bonchev–Trinajstić information content (AvgIpc) is 2.77. The van der Waals surface area contributed by atoms with E-state index < -0.39 is 5.41 Å². The van der Waals surface area contributed by atoms with E-state index in [0.29, 0.717) is 19.8 Å². The molecular weight excluding hydrogens is 242 g/mol. The lowest BCUT2D eigenvalue weighted by Gasteiger charge is -2.30. The van der Waals surface area contributed by atoms with Gasteiger partial charge >= 0.3 is 0 Å². The van der Waals surface area contributed by atoms with E-state index in [1.807, 2.05) is 32.2 Å². The van der Waals surface area contributed by atoms with Crippen molar-refractivity contribution in [1.82, 2.24) is 9.88 Å². The molecule has 1 aliphatic rings. The van der Waals surface area contributed by atoms with E-state index in [0.717, 1.165) is 12.1 Å². The number of nitrogens with two attached hydrogens (primary N) is 1. The second kappa shape index (κ2) is 5.67. The number of pyridine rings is 1. The number of carbonyl (C=O) groups excluding carboxylic acids is 1. The minimum atomic E-state index is -0.598. The summed E-state index contributed by atoms with van der Waals surface area (Å²) in [5.74, 6) is 0.0495. The Morgan fingerprint density at radius 3 is 3.00 bits per heavy atom. The van der Waals surface area contributed by atoms with Crippen LogP contribution in [0.4, 0.5) is 0 Å². The maximum absolute atomic E-state index is 12.4. The molecule has 0 aromatic carbocycles. The summed E-state index contributed by atoms with van der Waals surface area (Å²) in [7, 11) is 1.81. The van der Waals surface area contributed by atoms with Crippen LogP contribution in [0, 0.1) is 5.41 Å². The van der Waals surface area contributed by atoms with Crippen molar-refractivity contribution in [3.63, 3.8) is 0 Å². The Morgan fingerprint density at radius 2 is 2.42 bits per heavy atom. The number of likely N-dealkylation sites (N-methyl/N-ethyl adjacent to an activating group) is 1. The number of hydrogen-bond donors (Lipinski definition) is 1. The van der Waals surface area contributed by atoms with Crippen LogP contribution in [0.15, 0.2) is 24.4 Å². The predicted molar refractivity (Wildman–Crippen MR) is 72.5 cm³/mol. The minimum absolute atomic E-state index is 0.0495. The van der Waals surface area contributed by atoms with E-state index in [4.69, 9.17) is 10.5 Å². The van der Waals surface area contributed by atoms with Crippen LogP contribution in [0.3, 0.4) is 0 Å². The van der Waals surface area contributed by atoms with Crippen molar-refractivity contribution in [3.8, 4) is 0 Å². The molecule has 0 radical (unpaired) electrons. The highest BCUT2D eigenvalue weighted by Crippen LogP contribution is 2.29. The van der Waals surface area contributed by atoms with E-state index >= 15 is 0 Å². The molecule has 2 unspecified atom stereocenters. The first kappa shape index (κ1) is 14.0. The molecule has 1 amide bonds. The van der Waals surface area contributed by atoms with E-state index in [-0.39, 0.29) is 11.9 Å². The fraction of sp³-hybridized carbons (Fsp3) is 0.571. The Morgan fingerprint density at radius 1 is 1.63 bits per heavy atom. The molecule has 0 bridgehead atoms. The molecule has 1 saturated heterocycles. The summed E-state index contributed by atoms with van der Waals surface area (Å²) < 4.78 is 5.32. The smallest absolute Gasteiger partial charge is 0.232 e. The molecule has 19 heavy (non-hydrogen) atoms. The molecule has 1 fully saturated rings. The molecule has 2 N–H and O–H groups in total. The van der Waals surface area contributed by atoms with Gasteiger partial charge < -0.3 is 15.4 Å². The van der Waals surface area contributed by atoms with Gasteiger partial charge in [-0.1, -0.05) is 6.07 Å². The molecule has 0 spiro atoms. The molecule has 5 heteroatoms. The molecule has 2 heterocycles. The lowest BCUT2D eigenvalue weighted by molar-refractivity contribution is -0.140. The van der Waals surface area contributed by atoms with Gasteiger partial charge in [0.2, 0.25) is 5.91 Å². The highest BCUT2D eigenvalue weighted by molar-refractivity contribution is 5.83. The van der Waals surface area contributed by atoms with Gasteiger partial charge in [0.1, 0.15) is 0 Å². The van der Waals surface area contributed by atoms with Crippen LogP contribution in [0.1, 0.15) is 12.6 Å². The SMILES string of the molecule is CN(CCc1ccccn1)C(=O)C1(C)COCC1N. The van der Waals surface area contributed by atoms with Crippen LogP contribution in [0.5, 0.6) is 0 Å². The quantitative estimate of drug-likeness (QED) is 0.856. The van der Waals surface area contributed by atoms with Gasteiger partial charge in [-0.05, 0) is 19.1 Å². The third-order valence-corrected chi connectivity index (χ3v) is 3.78. The first-order valence-corrected chi connectivity index (χ1v) is 6.53. The first-order valence-electron chi connectivity index (χ1n) is 6.53. The van der Waals surface area contributed by atoms with Crippen molar-refractivity contribution in [3.05, 3.63) is 30.1 Å². The topological polar surface area (TPSA) is 68.5 Å². The second-order valence-corrected chi connectivity index (χ2v) is 5.34. The van der Waals surface area contributed by atoms with Gasteiger partial charge in [0, 0.05) is 37.9 Å². The van der Waals surface area contributed by atoms with Crippen LogP contribution in [0.25, 0.3) is 0 Å². The van der Waals surface area contributed by atoms with Crippen molar-refractivity contribution >= 4 is 5.91 Å². The van der Waals surface area contributed by atoms with Gasteiger partial charge in [-0.25, -0.2) is 0 Å². The third-order valence-electron chi connectivity index (χ3n) is 3.78. The molecule has 0 aliphatic carbocycles. The zero-order valence-corrected chi connectivity index (χ0v) is 11.5. The number of amides is 1. The molecule has 1 aliphatic heterocycles. The third kappa shape index (κ3) is 2.93. The summed E-state index contributed by atoms with van der Waals surface area (Å²) in [6.07, 6.45) is 2.51. The Hall–Kier alpha value is -1.46. The number of hydrogen-bond acceptors (Lipinski definition) is 4. The van der Waals surface area contributed by atoms with Crippen LogP contribution < -0.4 is 5.73 Å². The van der Waals surface area contributed by atoms with Gasteiger partial charge in [0.05, 0.1) is 18.6 Å². The summed E-state index contributed by atoms with van der Waals surface area (Å²) in [6.45, 7) is 3.37. The zero-order valence-electron chi connectivity index (χ0n) is 11.5. The van der Waals surface area contributed by atoms with Gasteiger partial charge in [-0.2, -0.15) is 0 Å². The Bertz CT molecular complexity index is 438. The van der Waals surface area contributed by atoms with E-state index in [2.05, 4.69) is 4.98 Å². The number of aromatic nitrogens is 1. The highest BCUT2D eigenvalue weighted by Gasteiger charge is 2.45. The fourth-order valence-electron chi connectivity index (χ4n) is 2.28. The Labute approximate surface area is 113 Å². The lowest BCUT2D eigenvalue weighted by atomic mass is 9.84. The van der Waals surface area contributed by atoms with E-state index in [1.54, 1.807) is 11.1 Å². The first-order chi connectivity index (χ1) is 9.04. The van der Waals surface area contributed by atoms with Crippen LogP contribution in [-0.2, 0) is 16.0 Å². The summed E-state index contributed by atoms with van der Waals surface area (Å²) >= 11 is 0. The second-order valence-electron chi connectivity index (χ2n) is 5.34. The predicted octanol–water partition coefficient (Wildman–Crippen LogP) is 0.446. The van der Waals surface area contributed by atoms with Crippen molar-refractivity contribution in [1.29, 1.82) is 0 Å². The van der Waals surface area contributed by atoms with Gasteiger partial charge in [0.25, 0.3) is 0 Å². The Balaban J connectivity index is 1.93. The minimum Gasteiger partial charge on any atom is -0.379 e. The molecular formula is C14H21N3O2. The molecule has 5 nitrogen and oxygen atoms in total. The molecule has 2 rings (SSSR count). The molecule has 2 atom stereocenters. The number of rotatable bonds is 4. The average molecular weight is 263 g/mol. The van der Waals surface area contributed by atoms with Crippen LogP contribution in [0.2, 0.25) is 0 Å². The van der Waals surface area contributed by atoms with Crippen LogP contribution >= 0.6 is 0 Å². The van der Waals surface area contributed by atoms with E-state index in [1.165, 1.54) is 0 Å². The highest BCUT2D eigenvalue weighted by atomic mass is 16.5. The summed E-state index contributed by atoms with van der Waals surface area (Å²) in [6, 6.07) is 5.57. The largest absolute Gasteiger partial charge is 0.379 e. The van der Waals surface area contributed by atoms with Crippen molar-refractivity contribution < 1.29 is 9.53 Å². The van der Waals surface area contributed by atoms with Crippen LogP contribution in [-0.4, -0.2) is 48.6 Å². The zero-order chi connectivity index (χ0) is 13.9. The Kier molecular flexibility index (Phi) is 4.17. The van der Waals surface area contributed by atoms with Crippen molar-refractivity contribution in [2.45, 2.75) is 19.4 Å². The lowest BCUT2D eigenvalue weighted by Crippen LogP contribution is -2.50. The van der Waals surface area contributed by atoms with Crippen molar-refractivity contribution in [2.75, 3.05) is 26.8 Å². The summed E-state index contributed by atoms with van der Waals surface area (Å²) in [5.41, 5.74) is 6.36. The normalized spacial score (nSPS) is 26.4. The maximum atomic E-state index is 12.4.